The highest BCUT2D eigenvalue weighted by Gasteiger charge is 2.19. The Labute approximate surface area is 156 Å². The average molecular weight is 508 g/mol. The fourth-order valence-corrected chi connectivity index (χ4v) is 2.51. The predicted octanol–water partition coefficient (Wildman–Crippen LogP) is 1.80. The molecule has 13 heteroatoms. The second-order valence-corrected chi connectivity index (χ2v) is 5.78. The number of nitrogens with one attached hydrogen (secondary N) is 1. The molecule has 124 valence electrons. The van der Waals surface area contributed by atoms with Gasteiger partial charge in [0.1, 0.15) is 11.5 Å². The zero-order valence-electron chi connectivity index (χ0n) is 11.7. The third-order valence-corrected chi connectivity index (χ3v) is 4.00. The van der Waals surface area contributed by atoms with Gasteiger partial charge in [-0.3, -0.25) is 0 Å². The summed E-state index contributed by atoms with van der Waals surface area (Å²) >= 11 is 4.93. The molecule has 0 saturated carbocycles. The van der Waals surface area contributed by atoms with Crippen molar-refractivity contribution in [3.05, 3.63) is 39.9 Å². The van der Waals surface area contributed by atoms with Crippen LogP contribution >= 0.6 is 38.8 Å². The first kappa shape index (κ1) is 16.7. The highest BCUT2D eigenvalue weighted by atomic mass is 127. The molecule has 0 fully saturated rings. The summed E-state index contributed by atoms with van der Waals surface area (Å²) in [5, 5.41) is 21.5. The molecule has 3 aromatic rings. The van der Waals surface area contributed by atoms with Crippen LogP contribution in [0.4, 0.5) is 16.0 Å². The Bertz CT molecular complexity index is 895. The largest absolute Gasteiger partial charge is 0.367 e. The molecular weight excluding hydrogens is 500 g/mol. The van der Waals surface area contributed by atoms with Crippen LogP contribution in [0.3, 0.4) is 0 Å². The van der Waals surface area contributed by atoms with Gasteiger partial charge in [0, 0.05) is 5.69 Å². The third kappa shape index (κ3) is 3.50. The van der Waals surface area contributed by atoms with Gasteiger partial charge < -0.3 is 11.1 Å². The molecule has 0 unspecified atom stereocenters. The van der Waals surface area contributed by atoms with Crippen LogP contribution in [0.2, 0.25) is 0 Å². The van der Waals surface area contributed by atoms with E-state index in [4.69, 9.17) is 10.4 Å². The highest BCUT2D eigenvalue weighted by Crippen LogP contribution is 2.21. The first-order chi connectivity index (χ1) is 11.6. The number of amidine groups is 1. The summed E-state index contributed by atoms with van der Waals surface area (Å²) in [4.78, 5) is 0. The van der Waals surface area contributed by atoms with E-state index in [0.717, 1.165) is 0 Å². The van der Waals surface area contributed by atoms with Gasteiger partial charge in [0.05, 0.1) is 33.9 Å². The Morgan fingerprint density at radius 2 is 2.29 bits per heavy atom. The Morgan fingerprint density at radius 1 is 1.46 bits per heavy atom. The third-order valence-electron chi connectivity index (χ3n) is 2.91. The molecule has 2 aromatic heterocycles. The summed E-state index contributed by atoms with van der Waals surface area (Å²) in [6.45, 7) is 0.155. The summed E-state index contributed by atoms with van der Waals surface area (Å²) in [5.74, 6) is 0.135. The number of halogens is 3. The lowest BCUT2D eigenvalue weighted by Gasteiger charge is -2.08. The summed E-state index contributed by atoms with van der Waals surface area (Å²) in [6.07, 6.45) is 0. The van der Waals surface area contributed by atoms with Gasteiger partial charge in [0.25, 0.3) is 0 Å². The van der Waals surface area contributed by atoms with E-state index in [1.165, 1.54) is 10.7 Å². The molecule has 10 nitrogen and oxygen atoms in total. The van der Waals surface area contributed by atoms with E-state index in [9.17, 15) is 4.39 Å². The number of nitrogens with zero attached hydrogens (tertiary/aromatic N) is 7. The summed E-state index contributed by atoms with van der Waals surface area (Å²) < 4.78 is 23.9. The van der Waals surface area contributed by atoms with Crippen LogP contribution in [-0.4, -0.2) is 36.4 Å². The summed E-state index contributed by atoms with van der Waals surface area (Å²) in [7, 11) is 0. The van der Waals surface area contributed by atoms with Gasteiger partial charge in [-0.05, 0) is 49.7 Å². The molecule has 0 spiro atoms. The molecule has 2 heterocycles. The topological polar surface area (TPSA) is 133 Å². The molecule has 0 aliphatic rings. The van der Waals surface area contributed by atoms with Crippen LogP contribution in [0.1, 0.15) is 11.4 Å². The van der Waals surface area contributed by atoms with Crippen molar-refractivity contribution in [1.82, 2.24) is 30.5 Å². The molecule has 0 bridgehead atoms. The fraction of sp³-hybridized carbons (Fsp3) is 0.0909. The lowest BCUT2D eigenvalue weighted by Crippen LogP contribution is -2.17. The van der Waals surface area contributed by atoms with Gasteiger partial charge >= 0.3 is 0 Å². The van der Waals surface area contributed by atoms with Crippen molar-refractivity contribution in [2.45, 2.75) is 6.54 Å². The maximum atomic E-state index is 13.3. The predicted molar refractivity (Wildman–Crippen MR) is 93.9 cm³/mol. The Kier molecular flexibility index (Phi) is 4.98. The highest BCUT2D eigenvalue weighted by molar-refractivity contribution is 14.1. The van der Waals surface area contributed by atoms with E-state index < -0.39 is 0 Å². The van der Waals surface area contributed by atoms with Gasteiger partial charge in [0.2, 0.25) is 5.95 Å². The molecule has 3 N–H and O–H groups in total. The fourth-order valence-electron chi connectivity index (χ4n) is 1.79. The molecule has 0 aliphatic heterocycles. The molecule has 0 aliphatic carbocycles. The molecule has 3 rings (SSSR count). The number of nitrogens with two attached hydrogens (primary N) is 1. The number of anilines is 2. The van der Waals surface area contributed by atoms with Crippen molar-refractivity contribution in [2.75, 3.05) is 11.1 Å². The SMILES string of the molecule is Nc1nnnn1Cc1nonc1/C(=N/I)Nc1ccc(F)c(Br)c1. The van der Waals surface area contributed by atoms with Crippen LogP contribution in [0.5, 0.6) is 0 Å². The van der Waals surface area contributed by atoms with Crippen LogP contribution < -0.4 is 11.1 Å². The maximum Gasteiger partial charge on any atom is 0.240 e. The normalized spacial score (nSPS) is 11.7. The number of hydrogen-bond acceptors (Lipinski definition) is 8. The number of benzene rings is 1. The van der Waals surface area contributed by atoms with Crippen LogP contribution in [0.15, 0.2) is 30.5 Å². The lowest BCUT2D eigenvalue weighted by atomic mass is 10.2. The maximum absolute atomic E-state index is 13.3. The van der Waals surface area contributed by atoms with E-state index in [1.54, 1.807) is 35.0 Å². The van der Waals surface area contributed by atoms with Gasteiger partial charge in [-0.1, -0.05) is 10.3 Å². The van der Waals surface area contributed by atoms with E-state index in [-0.39, 0.29) is 18.3 Å². The Hall–Kier alpha value is -2.16. The quantitative estimate of drug-likeness (QED) is 0.310. The molecule has 0 amide bonds. The monoisotopic (exact) mass is 507 g/mol. The number of rotatable bonds is 4. The molecule has 0 radical (unpaired) electrons. The second kappa shape index (κ2) is 7.16. The Morgan fingerprint density at radius 3 is 2.96 bits per heavy atom. The van der Waals surface area contributed by atoms with Crippen molar-refractivity contribution in [1.29, 1.82) is 0 Å². The molecule has 0 saturated heterocycles. The minimum atomic E-state index is -0.369. The van der Waals surface area contributed by atoms with Crippen LogP contribution in [0.25, 0.3) is 0 Å². The van der Waals surface area contributed by atoms with Gasteiger partial charge in [0.15, 0.2) is 11.5 Å². The van der Waals surface area contributed by atoms with E-state index in [2.05, 4.69) is 50.3 Å². The molecule has 1 aromatic carbocycles. The zero-order valence-corrected chi connectivity index (χ0v) is 15.4. The lowest BCUT2D eigenvalue weighted by molar-refractivity contribution is 0.301. The van der Waals surface area contributed by atoms with Crippen molar-refractivity contribution >= 4 is 56.3 Å². The van der Waals surface area contributed by atoms with Gasteiger partial charge in [-0.15, -0.1) is 0 Å². The van der Waals surface area contributed by atoms with E-state index in [0.29, 0.717) is 27.4 Å². The zero-order chi connectivity index (χ0) is 17.1. The van der Waals surface area contributed by atoms with E-state index >= 15 is 0 Å². The number of nitrogen functional groups attached to an aromatic ring is 1. The first-order valence-electron chi connectivity index (χ1n) is 6.33. The standard InChI is InChI=1S/C11H8BrFIN9O/c12-6-3-5(1-2-7(6)13)16-10(17-14)9-8(19-24-20-9)4-23-11(15)18-21-22-23/h1-3H,4H2,(H,16,17)(H2,15,18,22). The van der Waals surface area contributed by atoms with Gasteiger partial charge in [-0.25, -0.2) is 13.7 Å². The van der Waals surface area contributed by atoms with Crippen LogP contribution in [-0.2, 0) is 6.54 Å². The number of aromatic nitrogens is 6. The van der Waals surface area contributed by atoms with Crippen molar-refractivity contribution in [3.8, 4) is 0 Å². The number of tetrazole rings is 1. The van der Waals surface area contributed by atoms with Crippen molar-refractivity contribution in [2.24, 2.45) is 3.21 Å². The Balaban J connectivity index is 1.85. The smallest absolute Gasteiger partial charge is 0.240 e. The minimum Gasteiger partial charge on any atom is -0.367 e. The molecule has 24 heavy (non-hydrogen) atoms. The van der Waals surface area contributed by atoms with Gasteiger partial charge in [-0.2, -0.15) is 3.21 Å². The van der Waals surface area contributed by atoms with Crippen LogP contribution in [0, 0.1) is 5.82 Å². The van der Waals surface area contributed by atoms with E-state index in [1.807, 2.05) is 0 Å². The second-order valence-electron chi connectivity index (χ2n) is 4.44. The summed E-state index contributed by atoms with van der Waals surface area (Å²) in [5.41, 5.74) is 7.03. The average Bonchev–Trinajstić information content (AvgIpc) is 3.18. The summed E-state index contributed by atoms with van der Waals surface area (Å²) in [6, 6.07) is 4.46. The first-order valence-corrected chi connectivity index (χ1v) is 8.08. The minimum absolute atomic E-state index is 0.132. The van der Waals surface area contributed by atoms with Crippen molar-refractivity contribution in [3.63, 3.8) is 0 Å². The van der Waals surface area contributed by atoms with Crippen molar-refractivity contribution < 1.29 is 9.02 Å². The molecular formula is C11H8BrFIN9O. The number of hydrogen-bond donors (Lipinski definition) is 2. The molecule has 0 atom stereocenters.